The molecule has 0 spiro atoms. The van der Waals surface area contributed by atoms with Crippen LogP contribution in [0, 0.1) is 0 Å². The van der Waals surface area contributed by atoms with E-state index in [-0.39, 0.29) is 21.6 Å². The highest BCUT2D eigenvalue weighted by atomic mass is 79.9. The maximum absolute atomic E-state index is 12.8. The van der Waals surface area contributed by atoms with Crippen molar-refractivity contribution in [3.05, 3.63) is 52.1 Å². The van der Waals surface area contributed by atoms with E-state index in [9.17, 15) is 8.42 Å². The van der Waals surface area contributed by atoms with Crippen molar-refractivity contribution in [3.63, 3.8) is 0 Å². The van der Waals surface area contributed by atoms with Gasteiger partial charge in [0, 0.05) is 4.47 Å². The lowest BCUT2D eigenvalue weighted by Gasteiger charge is -2.13. The Kier molecular flexibility index (Phi) is 5.12. The third-order valence-electron chi connectivity index (χ3n) is 3.25. The maximum Gasteiger partial charge on any atom is 0.266 e. The SMILES string of the molecule is CCOc1ccc(Br)cc1S(=O)(=O)Nc1nc2ccccc2nc1Cl. The van der Waals surface area contributed by atoms with Crippen LogP contribution in [0.25, 0.3) is 11.0 Å². The van der Waals surface area contributed by atoms with Gasteiger partial charge >= 0.3 is 0 Å². The number of anilines is 1. The van der Waals surface area contributed by atoms with Crippen LogP contribution in [0.5, 0.6) is 5.75 Å². The van der Waals surface area contributed by atoms with Crippen molar-refractivity contribution in [2.45, 2.75) is 11.8 Å². The van der Waals surface area contributed by atoms with Gasteiger partial charge in [-0.1, -0.05) is 39.7 Å². The smallest absolute Gasteiger partial charge is 0.266 e. The molecule has 0 saturated carbocycles. The van der Waals surface area contributed by atoms with Gasteiger partial charge in [0.1, 0.15) is 10.6 Å². The van der Waals surface area contributed by atoms with Crippen molar-refractivity contribution >= 4 is 54.4 Å². The fourth-order valence-corrected chi connectivity index (χ4v) is 4.12. The zero-order chi connectivity index (χ0) is 18.0. The molecule has 25 heavy (non-hydrogen) atoms. The first-order valence-electron chi connectivity index (χ1n) is 7.28. The second-order valence-electron chi connectivity index (χ2n) is 4.98. The Balaban J connectivity index is 2.05. The Morgan fingerprint density at radius 2 is 1.84 bits per heavy atom. The zero-order valence-electron chi connectivity index (χ0n) is 13.0. The summed E-state index contributed by atoms with van der Waals surface area (Å²) in [6, 6.07) is 11.8. The monoisotopic (exact) mass is 441 g/mol. The average molecular weight is 443 g/mol. The molecule has 1 heterocycles. The molecule has 130 valence electrons. The molecule has 3 aromatic rings. The molecule has 0 aliphatic carbocycles. The number of para-hydroxylation sites is 2. The molecule has 1 N–H and O–H groups in total. The lowest BCUT2D eigenvalue weighted by atomic mass is 10.3. The lowest BCUT2D eigenvalue weighted by molar-refractivity contribution is 0.331. The van der Waals surface area contributed by atoms with E-state index in [1.165, 1.54) is 6.07 Å². The normalized spacial score (nSPS) is 11.5. The van der Waals surface area contributed by atoms with Gasteiger partial charge in [-0.05, 0) is 37.3 Å². The fraction of sp³-hybridized carbons (Fsp3) is 0.125. The summed E-state index contributed by atoms with van der Waals surface area (Å²) < 4.78 is 34.0. The average Bonchev–Trinajstić information content (AvgIpc) is 2.57. The molecule has 2 aromatic carbocycles. The number of hydrogen-bond donors (Lipinski definition) is 1. The Bertz CT molecular complexity index is 1040. The van der Waals surface area contributed by atoms with Gasteiger partial charge in [-0.15, -0.1) is 0 Å². The predicted molar refractivity (Wildman–Crippen MR) is 101 cm³/mol. The van der Waals surface area contributed by atoms with Crippen molar-refractivity contribution in [1.29, 1.82) is 0 Å². The minimum absolute atomic E-state index is 0.0187. The third-order valence-corrected chi connectivity index (χ3v) is 5.37. The van der Waals surface area contributed by atoms with E-state index in [1.807, 2.05) is 0 Å². The van der Waals surface area contributed by atoms with Crippen molar-refractivity contribution in [2.24, 2.45) is 0 Å². The van der Waals surface area contributed by atoms with Crippen LogP contribution in [-0.2, 0) is 10.0 Å². The van der Waals surface area contributed by atoms with Crippen LogP contribution in [0.1, 0.15) is 6.92 Å². The van der Waals surface area contributed by atoms with Crippen molar-refractivity contribution in [1.82, 2.24) is 9.97 Å². The van der Waals surface area contributed by atoms with Gasteiger partial charge in [0.15, 0.2) is 11.0 Å². The second kappa shape index (κ2) is 7.15. The number of ether oxygens (including phenoxy) is 1. The Morgan fingerprint density at radius 3 is 2.52 bits per heavy atom. The molecule has 1 aromatic heterocycles. The van der Waals surface area contributed by atoms with Crippen molar-refractivity contribution < 1.29 is 13.2 Å². The van der Waals surface area contributed by atoms with E-state index >= 15 is 0 Å². The first-order valence-corrected chi connectivity index (χ1v) is 9.93. The minimum Gasteiger partial charge on any atom is -0.492 e. The number of fused-ring (bicyclic) bond motifs is 1. The summed E-state index contributed by atoms with van der Waals surface area (Å²) in [4.78, 5) is 8.39. The summed E-state index contributed by atoms with van der Waals surface area (Å²) in [5, 5.41) is -0.0322. The summed E-state index contributed by atoms with van der Waals surface area (Å²) in [5.74, 6) is 0.200. The van der Waals surface area contributed by atoms with E-state index in [1.54, 1.807) is 43.3 Å². The molecule has 0 bridgehead atoms. The molecule has 0 radical (unpaired) electrons. The van der Waals surface area contributed by atoms with Crippen LogP contribution in [-0.4, -0.2) is 25.0 Å². The Hall–Kier alpha value is -1.90. The first-order chi connectivity index (χ1) is 11.9. The number of halogens is 2. The van der Waals surface area contributed by atoms with Gasteiger partial charge in [0.25, 0.3) is 10.0 Å². The topological polar surface area (TPSA) is 81.2 Å². The summed E-state index contributed by atoms with van der Waals surface area (Å²) in [7, 11) is -3.97. The summed E-state index contributed by atoms with van der Waals surface area (Å²) in [6.07, 6.45) is 0. The van der Waals surface area contributed by atoms with E-state index in [0.29, 0.717) is 22.1 Å². The highest BCUT2D eigenvalue weighted by Crippen LogP contribution is 2.30. The van der Waals surface area contributed by atoms with Crippen LogP contribution >= 0.6 is 27.5 Å². The summed E-state index contributed by atoms with van der Waals surface area (Å²) in [5.41, 5.74) is 1.11. The first kappa shape index (κ1) is 17.9. The number of rotatable bonds is 5. The van der Waals surface area contributed by atoms with Crippen LogP contribution in [0.4, 0.5) is 5.82 Å². The molecular weight excluding hydrogens is 430 g/mol. The summed E-state index contributed by atoms with van der Waals surface area (Å²) >= 11 is 9.36. The van der Waals surface area contributed by atoms with Gasteiger partial charge in [0.05, 0.1) is 17.6 Å². The summed E-state index contributed by atoms with van der Waals surface area (Å²) in [6.45, 7) is 2.11. The molecule has 0 saturated heterocycles. The van der Waals surface area contributed by atoms with Crippen LogP contribution in [0.15, 0.2) is 51.8 Å². The Labute approximate surface area is 158 Å². The number of hydrogen-bond acceptors (Lipinski definition) is 5. The van der Waals surface area contributed by atoms with E-state index < -0.39 is 10.0 Å². The fourth-order valence-electron chi connectivity index (χ4n) is 2.19. The highest BCUT2D eigenvalue weighted by Gasteiger charge is 2.22. The van der Waals surface area contributed by atoms with Crippen LogP contribution in [0.3, 0.4) is 0 Å². The largest absolute Gasteiger partial charge is 0.492 e. The standard InChI is InChI=1S/C16H13BrClN3O3S/c1-2-24-13-8-7-10(17)9-14(13)25(22,23)21-16-15(18)19-11-5-3-4-6-12(11)20-16/h3-9H,2H2,1H3,(H,20,21). The van der Waals surface area contributed by atoms with Gasteiger partial charge in [-0.25, -0.2) is 18.4 Å². The maximum atomic E-state index is 12.8. The number of aromatic nitrogens is 2. The number of nitrogens with zero attached hydrogens (tertiary/aromatic N) is 2. The molecule has 9 heteroatoms. The molecule has 0 atom stereocenters. The van der Waals surface area contributed by atoms with E-state index in [2.05, 4.69) is 30.6 Å². The van der Waals surface area contributed by atoms with Gasteiger partial charge in [-0.2, -0.15) is 0 Å². The molecule has 0 amide bonds. The lowest BCUT2D eigenvalue weighted by Crippen LogP contribution is -2.16. The molecule has 3 rings (SSSR count). The number of nitrogens with one attached hydrogen (secondary N) is 1. The zero-order valence-corrected chi connectivity index (χ0v) is 16.2. The van der Waals surface area contributed by atoms with E-state index in [4.69, 9.17) is 16.3 Å². The molecule has 0 unspecified atom stereocenters. The number of benzene rings is 2. The highest BCUT2D eigenvalue weighted by molar-refractivity contribution is 9.10. The van der Waals surface area contributed by atoms with Gasteiger partial charge in [-0.3, -0.25) is 4.72 Å². The minimum atomic E-state index is -3.97. The van der Waals surface area contributed by atoms with Crippen molar-refractivity contribution in [2.75, 3.05) is 11.3 Å². The van der Waals surface area contributed by atoms with Crippen LogP contribution < -0.4 is 9.46 Å². The molecule has 0 aliphatic heterocycles. The molecular formula is C16H13BrClN3O3S. The van der Waals surface area contributed by atoms with Gasteiger partial charge < -0.3 is 4.74 Å². The third kappa shape index (κ3) is 3.86. The number of sulfonamides is 1. The van der Waals surface area contributed by atoms with E-state index in [0.717, 1.165) is 0 Å². The van der Waals surface area contributed by atoms with Crippen LogP contribution in [0.2, 0.25) is 5.15 Å². The van der Waals surface area contributed by atoms with Crippen molar-refractivity contribution in [3.8, 4) is 5.75 Å². The molecule has 0 aliphatic rings. The second-order valence-corrected chi connectivity index (χ2v) is 7.91. The Morgan fingerprint density at radius 1 is 1.16 bits per heavy atom. The quantitative estimate of drug-likeness (QED) is 0.639. The predicted octanol–water partition coefficient (Wildman–Crippen LogP) is 4.25. The molecule has 6 nitrogen and oxygen atoms in total. The van der Waals surface area contributed by atoms with Gasteiger partial charge in [0.2, 0.25) is 0 Å². The molecule has 0 fully saturated rings.